The Morgan fingerprint density at radius 3 is 2.69 bits per heavy atom. The normalized spacial score (nSPS) is 10.6. The molecule has 2 rings (SSSR count). The third kappa shape index (κ3) is 1.59. The molecule has 0 atom stereocenters. The molecule has 1 aromatic heterocycles. The molecule has 0 amide bonds. The van der Waals surface area contributed by atoms with Crippen molar-refractivity contribution in [1.82, 2.24) is 0 Å². The summed E-state index contributed by atoms with van der Waals surface area (Å²) in [6.07, 6.45) is 0. The van der Waals surface area contributed by atoms with E-state index >= 15 is 0 Å². The van der Waals surface area contributed by atoms with Gasteiger partial charge in [0.05, 0.1) is 15.3 Å². The Balaban J connectivity index is 2.80. The molecular formula is C9H4ClNO5. The minimum Gasteiger partial charge on any atom is -0.475 e. The predicted octanol–water partition coefficient (Wildman–Crippen LogP) is 2.69. The summed E-state index contributed by atoms with van der Waals surface area (Å²) in [5.74, 6) is -1.65. The zero-order chi connectivity index (χ0) is 11.9. The van der Waals surface area contributed by atoms with Gasteiger partial charge in [-0.2, -0.15) is 0 Å². The molecule has 6 nitrogen and oxygen atoms in total. The van der Waals surface area contributed by atoms with Gasteiger partial charge in [-0.05, 0) is 0 Å². The molecule has 0 aliphatic heterocycles. The van der Waals surface area contributed by atoms with Crippen molar-refractivity contribution in [1.29, 1.82) is 0 Å². The molecule has 0 bridgehead atoms. The first-order chi connectivity index (χ1) is 7.49. The van der Waals surface area contributed by atoms with Gasteiger partial charge in [0, 0.05) is 18.2 Å². The summed E-state index contributed by atoms with van der Waals surface area (Å²) in [6, 6.07) is 3.58. The Labute approximate surface area is 93.2 Å². The Kier molecular flexibility index (Phi) is 2.28. The second-order valence-corrected chi connectivity index (χ2v) is 3.45. The summed E-state index contributed by atoms with van der Waals surface area (Å²) in [6.45, 7) is 0. The first-order valence-electron chi connectivity index (χ1n) is 4.10. The maximum absolute atomic E-state index is 10.7. The van der Waals surface area contributed by atoms with Gasteiger partial charge in [0.2, 0.25) is 5.76 Å². The molecule has 1 aromatic carbocycles. The minimum absolute atomic E-state index is 0.0802. The van der Waals surface area contributed by atoms with Crippen LogP contribution in [-0.2, 0) is 0 Å². The number of nitrogens with zero attached hydrogens (tertiary/aromatic N) is 1. The lowest BCUT2D eigenvalue weighted by atomic mass is 10.2. The molecule has 0 fully saturated rings. The third-order valence-electron chi connectivity index (χ3n) is 1.99. The van der Waals surface area contributed by atoms with Crippen molar-refractivity contribution in [2.75, 3.05) is 0 Å². The molecular weight excluding hydrogens is 238 g/mol. The Bertz CT molecular complexity index is 603. The third-order valence-corrected chi connectivity index (χ3v) is 2.21. The predicted molar refractivity (Wildman–Crippen MR) is 54.8 cm³/mol. The van der Waals surface area contributed by atoms with Gasteiger partial charge in [0.15, 0.2) is 0 Å². The summed E-state index contributed by atoms with van der Waals surface area (Å²) < 4.78 is 4.91. The molecule has 2 aromatic rings. The molecule has 0 aliphatic carbocycles. The number of non-ortho nitro benzene ring substituents is 1. The second-order valence-electron chi connectivity index (χ2n) is 3.01. The lowest BCUT2D eigenvalue weighted by Crippen LogP contribution is -1.91. The fourth-order valence-corrected chi connectivity index (χ4v) is 1.55. The van der Waals surface area contributed by atoms with Crippen LogP contribution in [0.4, 0.5) is 5.69 Å². The quantitative estimate of drug-likeness (QED) is 0.644. The number of halogens is 1. The van der Waals surface area contributed by atoms with Gasteiger partial charge in [0.25, 0.3) is 5.69 Å². The van der Waals surface area contributed by atoms with E-state index in [0.717, 1.165) is 12.1 Å². The highest BCUT2D eigenvalue weighted by atomic mass is 35.5. The van der Waals surface area contributed by atoms with E-state index in [-0.39, 0.29) is 27.4 Å². The van der Waals surface area contributed by atoms with E-state index in [4.69, 9.17) is 21.1 Å². The Morgan fingerprint density at radius 2 is 2.12 bits per heavy atom. The number of hydrogen-bond acceptors (Lipinski definition) is 4. The zero-order valence-corrected chi connectivity index (χ0v) is 8.39. The van der Waals surface area contributed by atoms with E-state index in [1.807, 2.05) is 0 Å². The van der Waals surface area contributed by atoms with Gasteiger partial charge in [-0.25, -0.2) is 4.79 Å². The first-order valence-corrected chi connectivity index (χ1v) is 4.47. The van der Waals surface area contributed by atoms with E-state index in [0.29, 0.717) is 0 Å². The number of carboxylic acid groups (broad SMARTS) is 1. The van der Waals surface area contributed by atoms with Crippen LogP contribution >= 0.6 is 11.6 Å². The van der Waals surface area contributed by atoms with Crippen LogP contribution in [0.3, 0.4) is 0 Å². The molecule has 1 N–H and O–H groups in total. The van der Waals surface area contributed by atoms with Crippen molar-refractivity contribution < 1.29 is 19.2 Å². The molecule has 16 heavy (non-hydrogen) atoms. The highest BCUT2D eigenvalue weighted by Gasteiger charge is 2.19. The number of furan rings is 1. The van der Waals surface area contributed by atoms with Crippen molar-refractivity contribution >= 4 is 34.2 Å². The molecule has 0 aliphatic rings. The van der Waals surface area contributed by atoms with Crippen molar-refractivity contribution in [3.05, 3.63) is 39.1 Å². The zero-order valence-electron chi connectivity index (χ0n) is 7.64. The smallest absolute Gasteiger partial charge is 0.371 e. The summed E-state index contributed by atoms with van der Waals surface area (Å²) in [7, 11) is 0. The molecule has 1 heterocycles. The van der Waals surface area contributed by atoms with Crippen LogP contribution in [0.5, 0.6) is 0 Å². The molecule has 0 spiro atoms. The minimum atomic E-state index is -1.29. The topological polar surface area (TPSA) is 93.6 Å². The number of nitro groups is 1. The van der Waals surface area contributed by atoms with Crippen molar-refractivity contribution in [2.24, 2.45) is 0 Å². The Morgan fingerprint density at radius 1 is 1.44 bits per heavy atom. The number of carboxylic acids is 1. The molecule has 0 radical (unpaired) electrons. The number of nitro benzene ring substituents is 1. The Hall–Kier alpha value is -2.08. The number of aromatic carboxylic acids is 1. The van der Waals surface area contributed by atoms with E-state index < -0.39 is 10.9 Å². The van der Waals surface area contributed by atoms with E-state index in [9.17, 15) is 14.9 Å². The maximum Gasteiger partial charge on any atom is 0.371 e. The average molecular weight is 242 g/mol. The number of rotatable bonds is 2. The first kappa shape index (κ1) is 10.4. The largest absolute Gasteiger partial charge is 0.475 e. The van der Waals surface area contributed by atoms with E-state index in [1.165, 1.54) is 6.07 Å². The summed E-state index contributed by atoms with van der Waals surface area (Å²) >= 11 is 5.64. The standard InChI is InChI=1S/C9H4ClNO5/c10-4-1-6(11(14)15)5-3-8(9(12)13)16-7(5)2-4/h1-3H,(H,12,13). The van der Waals surface area contributed by atoms with Gasteiger partial charge in [-0.15, -0.1) is 0 Å². The summed E-state index contributed by atoms with van der Waals surface area (Å²) in [4.78, 5) is 20.7. The number of benzene rings is 1. The van der Waals surface area contributed by atoms with Crippen LogP contribution < -0.4 is 0 Å². The highest BCUT2D eigenvalue weighted by Crippen LogP contribution is 2.32. The molecule has 0 saturated heterocycles. The van der Waals surface area contributed by atoms with Gasteiger partial charge in [-0.3, -0.25) is 10.1 Å². The molecule has 82 valence electrons. The summed E-state index contributed by atoms with van der Waals surface area (Å²) in [5, 5.41) is 19.6. The van der Waals surface area contributed by atoms with Crippen molar-refractivity contribution in [2.45, 2.75) is 0 Å². The van der Waals surface area contributed by atoms with Crippen molar-refractivity contribution in [3.8, 4) is 0 Å². The van der Waals surface area contributed by atoms with Crippen LogP contribution in [0.1, 0.15) is 10.6 Å². The van der Waals surface area contributed by atoms with Crippen LogP contribution in [0.15, 0.2) is 22.6 Å². The maximum atomic E-state index is 10.7. The van der Waals surface area contributed by atoms with Gasteiger partial charge >= 0.3 is 5.97 Å². The number of fused-ring (bicyclic) bond motifs is 1. The number of hydrogen-bond donors (Lipinski definition) is 1. The van der Waals surface area contributed by atoms with Crippen LogP contribution in [0, 0.1) is 10.1 Å². The lowest BCUT2D eigenvalue weighted by Gasteiger charge is -1.93. The average Bonchev–Trinajstić information content (AvgIpc) is 2.59. The highest BCUT2D eigenvalue weighted by molar-refractivity contribution is 6.31. The van der Waals surface area contributed by atoms with Gasteiger partial charge in [0.1, 0.15) is 5.58 Å². The van der Waals surface area contributed by atoms with Crippen LogP contribution in [0.25, 0.3) is 11.0 Å². The van der Waals surface area contributed by atoms with Crippen LogP contribution in [0.2, 0.25) is 5.02 Å². The monoisotopic (exact) mass is 241 g/mol. The van der Waals surface area contributed by atoms with E-state index in [2.05, 4.69) is 0 Å². The SMILES string of the molecule is O=C(O)c1cc2c([N+](=O)[O-])cc(Cl)cc2o1. The fourth-order valence-electron chi connectivity index (χ4n) is 1.34. The van der Waals surface area contributed by atoms with Crippen molar-refractivity contribution in [3.63, 3.8) is 0 Å². The molecule has 0 saturated carbocycles. The fraction of sp³-hybridized carbons (Fsp3) is 0. The molecule has 0 unspecified atom stereocenters. The van der Waals surface area contributed by atoms with Gasteiger partial charge in [-0.1, -0.05) is 11.6 Å². The number of carbonyl (C=O) groups is 1. The summed E-state index contributed by atoms with van der Waals surface area (Å²) in [5.41, 5.74) is -0.199. The van der Waals surface area contributed by atoms with Gasteiger partial charge < -0.3 is 9.52 Å². The molecule has 7 heteroatoms. The lowest BCUT2D eigenvalue weighted by molar-refractivity contribution is -0.383. The van der Waals surface area contributed by atoms with E-state index in [1.54, 1.807) is 0 Å². The van der Waals surface area contributed by atoms with Crippen LogP contribution in [-0.4, -0.2) is 16.0 Å². The second kappa shape index (κ2) is 3.49.